The highest BCUT2D eigenvalue weighted by atomic mass is 32.2. The van der Waals surface area contributed by atoms with Crippen molar-refractivity contribution in [2.24, 2.45) is 0 Å². The number of nitrogens with one attached hydrogen (secondary N) is 2. The number of thioether (sulfide) groups is 1. The van der Waals surface area contributed by atoms with Crippen molar-refractivity contribution < 1.29 is 17.9 Å². The van der Waals surface area contributed by atoms with Crippen LogP contribution in [0.5, 0.6) is 0 Å². The van der Waals surface area contributed by atoms with E-state index in [-0.39, 0.29) is 28.2 Å². The normalized spacial score (nSPS) is 16.9. The number of amides is 1. The SMILES string of the molecule is CSc1ccc(S(=O)(=O)Nc2ccccc2C(=O)NC[C@@H]2CCCO2)cc1. The van der Waals surface area contributed by atoms with Crippen molar-refractivity contribution in [2.75, 3.05) is 24.1 Å². The summed E-state index contributed by atoms with van der Waals surface area (Å²) in [6, 6.07) is 13.2. The van der Waals surface area contributed by atoms with Gasteiger partial charge in [0.25, 0.3) is 15.9 Å². The fraction of sp³-hybridized carbons (Fsp3) is 0.316. The Balaban J connectivity index is 1.75. The van der Waals surface area contributed by atoms with E-state index in [2.05, 4.69) is 10.0 Å². The van der Waals surface area contributed by atoms with Gasteiger partial charge in [0.1, 0.15) is 0 Å². The lowest BCUT2D eigenvalue weighted by Gasteiger charge is -2.14. The molecule has 0 radical (unpaired) electrons. The molecule has 0 spiro atoms. The lowest BCUT2D eigenvalue weighted by atomic mass is 10.1. The second kappa shape index (κ2) is 8.77. The van der Waals surface area contributed by atoms with Gasteiger partial charge in [-0.15, -0.1) is 11.8 Å². The zero-order valence-electron chi connectivity index (χ0n) is 15.0. The first-order chi connectivity index (χ1) is 13.0. The van der Waals surface area contributed by atoms with Crippen LogP contribution in [0.25, 0.3) is 0 Å². The molecular weight excluding hydrogens is 384 g/mol. The zero-order valence-corrected chi connectivity index (χ0v) is 16.6. The van der Waals surface area contributed by atoms with Crippen molar-refractivity contribution in [1.82, 2.24) is 5.32 Å². The van der Waals surface area contributed by atoms with Crippen molar-refractivity contribution in [1.29, 1.82) is 0 Å². The highest BCUT2D eigenvalue weighted by Gasteiger charge is 2.20. The molecule has 0 unspecified atom stereocenters. The number of hydrogen-bond acceptors (Lipinski definition) is 5. The summed E-state index contributed by atoms with van der Waals surface area (Å²) in [7, 11) is -3.79. The Bertz CT molecular complexity index is 892. The summed E-state index contributed by atoms with van der Waals surface area (Å²) in [5, 5.41) is 2.82. The average Bonchev–Trinajstić information content (AvgIpc) is 3.20. The summed E-state index contributed by atoms with van der Waals surface area (Å²) >= 11 is 1.54. The van der Waals surface area contributed by atoms with E-state index in [1.165, 1.54) is 11.8 Å². The van der Waals surface area contributed by atoms with E-state index >= 15 is 0 Å². The van der Waals surface area contributed by atoms with Gasteiger partial charge in [0.15, 0.2) is 0 Å². The molecule has 0 saturated carbocycles. The lowest BCUT2D eigenvalue weighted by molar-refractivity contribution is 0.0858. The molecule has 0 aliphatic carbocycles. The second-order valence-electron chi connectivity index (χ2n) is 6.17. The number of rotatable bonds is 7. The van der Waals surface area contributed by atoms with Gasteiger partial charge in [-0.1, -0.05) is 12.1 Å². The minimum Gasteiger partial charge on any atom is -0.376 e. The highest BCUT2D eigenvalue weighted by molar-refractivity contribution is 7.98. The van der Waals surface area contributed by atoms with Gasteiger partial charge in [-0.2, -0.15) is 0 Å². The Morgan fingerprint density at radius 3 is 2.59 bits per heavy atom. The van der Waals surface area contributed by atoms with E-state index in [4.69, 9.17) is 4.74 Å². The third-order valence-corrected chi connectivity index (χ3v) is 6.43. The van der Waals surface area contributed by atoms with Gasteiger partial charge in [0.05, 0.1) is 22.3 Å². The Morgan fingerprint density at radius 1 is 1.19 bits per heavy atom. The van der Waals surface area contributed by atoms with Gasteiger partial charge in [-0.25, -0.2) is 8.42 Å². The van der Waals surface area contributed by atoms with Crippen LogP contribution < -0.4 is 10.0 Å². The topological polar surface area (TPSA) is 84.5 Å². The van der Waals surface area contributed by atoms with E-state index in [1.54, 1.807) is 48.5 Å². The molecule has 8 heteroatoms. The molecule has 6 nitrogen and oxygen atoms in total. The van der Waals surface area contributed by atoms with Crippen molar-refractivity contribution in [3.63, 3.8) is 0 Å². The predicted molar refractivity (Wildman–Crippen MR) is 107 cm³/mol. The van der Waals surface area contributed by atoms with Crippen molar-refractivity contribution in [3.05, 3.63) is 54.1 Å². The van der Waals surface area contributed by atoms with Crippen molar-refractivity contribution >= 4 is 33.4 Å². The summed E-state index contributed by atoms with van der Waals surface area (Å²) in [6.07, 6.45) is 3.85. The molecular formula is C19H22N2O4S2. The first-order valence-corrected chi connectivity index (χ1v) is 11.4. The van der Waals surface area contributed by atoms with Gasteiger partial charge < -0.3 is 10.1 Å². The minimum atomic E-state index is -3.79. The molecule has 1 fully saturated rings. The minimum absolute atomic E-state index is 0.0211. The van der Waals surface area contributed by atoms with Crippen LogP contribution in [0.4, 0.5) is 5.69 Å². The maximum absolute atomic E-state index is 12.7. The van der Waals surface area contributed by atoms with Crippen molar-refractivity contribution in [3.8, 4) is 0 Å². The standard InChI is InChI=1S/C19H22N2O4S2/c1-26-15-8-10-16(11-9-15)27(23,24)21-18-7-3-2-6-17(18)19(22)20-13-14-5-4-12-25-14/h2-3,6-11,14,21H,4-5,12-13H2,1H3,(H,20,22)/t14-/m0/s1. The van der Waals surface area contributed by atoms with Gasteiger partial charge >= 0.3 is 0 Å². The molecule has 1 aliphatic heterocycles. The maximum Gasteiger partial charge on any atom is 0.261 e. The Kier molecular flexibility index (Phi) is 6.41. The van der Waals surface area contributed by atoms with Crippen LogP contribution in [0.15, 0.2) is 58.3 Å². The van der Waals surface area contributed by atoms with Gasteiger partial charge in [0, 0.05) is 18.0 Å². The van der Waals surface area contributed by atoms with Crippen molar-refractivity contribution in [2.45, 2.75) is 28.7 Å². The molecule has 2 N–H and O–H groups in total. The fourth-order valence-electron chi connectivity index (χ4n) is 2.84. The molecule has 0 bridgehead atoms. The highest BCUT2D eigenvalue weighted by Crippen LogP contribution is 2.22. The monoisotopic (exact) mass is 406 g/mol. The number of para-hydroxylation sites is 1. The Morgan fingerprint density at radius 2 is 1.93 bits per heavy atom. The quantitative estimate of drug-likeness (QED) is 0.690. The Hall–Kier alpha value is -2.03. The van der Waals surface area contributed by atoms with E-state index < -0.39 is 10.0 Å². The van der Waals surface area contributed by atoms with Crippen LogP contribution >= 0.6 is 11.8 Å². The molecule has 1 heterocycles. The van der Waals surface area contributed by atoms with Crippen LogP contribution in [0.2, 0.25) is 0 Å². The van der Waals surface area contributed by atoms with E-state index in [0.717, 1.165) is 17.7 Å². The summed E-state index contributed by atoms with van der Waals surface area (Å²) in [5.74, 6) is -0.332. The van der Waals surface area contributed by atoms with E-state index in [0.29, 0.717) is 13.2 Å². The molecule has 1 aliphatic rings. The second-order valence-corrected chi connectivity index (χ2v) is 8.73. The molecule has 1 atom stereocenters. The molecule has 2 aromatic carbocycles. The molecule has 3 rings (SSSR count). The smallest absolute Gasteiger partial charge is 0.261 e. The van der Waals surface area contributed by atoms with Crippen LogP contribution in [0.1, 0.15) is 23.2 Å². The fourth-order valence-corrected chi connectivity index (χ4v) is 4.32. The predicted octanol–water partition coefficient (Wildman–Crippen LogP) is 3.12. The third kappa shape index (κ3) is 5.03. The number of hydrogen-bond donors (Lipinski definition) is 2. The van der Waals surface area contributed by atoms with Crippen LogP contribution in [0, 0.1) is 0 Å². The first kappa shape index (κ1) is 19.7. The number of carbonyl (C=O) groups excluding carboxylic acids is 1. The maximum atomic E-state index is 12.7. The lowest BCUT2D eigenvalue weighted by Crippen LogP contribution is -2.32. The number of benzene rings is 2. The summed E-state index contributed by atoms with van der Waals surface area (Å²) in [5.41, 5.74) is 0.524. The largest absolute Gasteiger partial charge is 0.376 e. The Labute approximate surface area is 163 Å². The van der Waals surface area contributed by atoms with Gasteiger partial charge in [-0.05, 0) is 55.5 Å². The molecule has 1 saturated heterocycles. The van der Waals surface area contributed by atoms with Crippen LogP contribution in [-0.4, -0.2) is 39.8 Å². The number of carbonyl (C=O) groups is 1. The first-order valence-electron chi connectivity index (χ1n) is 8.65. The van der Waals surface area contributed by atoms with Gasteiger partial charge in [-0.3, -0.25) is 9.52 Å². The van der Waals surface area contributed by atoms with E-state index in [9.17, 15) is 13.2 Å². The number of sulfonamides is 1. The molecule has 27 heavy (non-hydrogen) atoms. The third-order valence-electron chi connectivity index (χ3n) is 4.30. The summed E-state index contributed by atoms with van der Waals surface area (Å²) in [4.78, 5) is 13.6. The molecule has 2 aromatic rings. The zero-order chi connectivity index (χ0) is 19.3. The van der Waals surface area contributed by atoms with Crippen LogP contribution in [-0.2, 0) is 14.8 Å². The summed E-state index contributed by atoms with van der Waals surface area (Å²) < 4.78 is 33.4. The average molecular weight is 407 g/mol. The van der Waals surface area contributed by atoms with E-state index in [1.807, 2.05) is 6.26 Å². The molecule has 1 amide bonds. The van der Waals surface area contributed by atoms with Gasteiger partial charge in [0.2, 0.25) is 0 Å². The number of anilines is 1. The molecule has 0 aromatic heterocycles. The summed E-state index contributed by atoms with van der Waals surface area (Å²) in [6.45, 7) is 1.13. The number of ether oxygens (including phenoxy) is 1. The molecule has 144 valence electrons. The van der Waals surface area contributed by atoms with Crippen LogP contribution in [0.3, 0.4) is 0 Å².